The predicted molar refractivity (Wildman–Crippen MR) is 116 cm³/mol. The predicted octanol–water partition coefficient (Wildman–Crippen LogP) is 4.02. The number of hydrogen-bond acceptors (Lipinski definition) is 4. The first-order valence-electron chi connectivity index (χ1n) is 10.4. The van der Waals surface area contributed by atoms with Gasteiger partial charge in [0.25, 0.3) is 0 Å². The second kappa shape index (κ2) is 9.87. The molecule has 6 nitrogen and oxygen atoms in total. The van der Waals surface area contributed by atoms with Crippen molar-refractivity contribution < 1.29 is 9.21 Å². The van der Waals surface area contributed by atoms with E-state index < -0.39 is 0 Å². The van der Waals surface area contributed by atoms with Crippen LogP contribution in [0.2, 0.25) is 0 Å². The average molecular weight is 402 g/mol. The molecule has 0 fully saturated rings. The molecule has 0 aliphatic rings. The number of rotatable bonds is 10. The van der Waals surface area contributed by atoms with Gasteiger partial charge in [-0.15, -0.1) is 10.2 Å². The molecule has 30 heavy (non-hydrogen) atoms. The number of aromatic nitrogens is 3. The number of amides is 1. The van der Waals surface area contributed by atoms with E-state index in [0.717, 1.165) is 31.2 Å². The number of H-pyrrole nitrogens is 1. The topological polar surface area (TPSA) is 83.8 Å². The SMILES string of the molecule is O=C(CCc1nnc(CCCc2ccccc2)o1)NCCc1c[nH]c2ccccc12. The highest BCUT2D eigenvalue weighted by molar-refractivity contribution is 5.83. The first-order chi connectivity index (χ1) is 14.8. The molecule has 0 spiro atoms. The van der Waals surface area contributed by atoms with Crippen LogP contribution < -0.4 is 5.32 Å². The van der Waals surface area contributed by atoms with Crippen LogP contribution in [0.15, 0.2) is 65.2 Å². The van der Waals surface area contributed by atoms with Crippen LogP contribution in [0.25, 0.3) is 10.9 Å². The van der Waals surface area contributed by atoms with E-state index in [4.69, 9.17) is 4.42 Å². The summed E-state index contributed by atoms with van der Waals surface area (Å²) < 4.78 is 5.68. The zero-order valence-corrected chi connectivity index (χ0v) is 16.9. The smallest absolute Gasteiger partial charge is 0.220 e. The maximum absolute atomic E-state index is 12.1. The van der Waals surface area contributed by atoms with E-state index in [2.05, 4.69) is 44.8 Å². The summed E-state index contributed by atoms with van der Waals surface area (Å²) in [6.07, 6.45) is 6.30. The van der Waals surface area contributed by atoms with Crippen LogP contribution in [0.1, 0.15) is 35.7 Å². The summed E-state index contributed by atoms with van der Waals surface area (Å²) in [4.78, 5) is 15.4. The molecule has 4 aromatic rings. The summed E-state index contributed by atoms with van der Waals surface area (Å²) in [5.74, 6) is 1.16. The molecule has 2 N–H and O–H groups in total. The molecule has 0 bridgehead atoms. The van der Waals surface area contributed by atoms with Gasteiger partial charge < -0.3 is 14.7 Å². The molecule has 0 aliphatic carbocycles. The van der Waals surface area contributed by atoms with Gasteiger partial charge in [0.15, 0.2) is 0 Å². The Hall–Kier alpha value is -3.41. The van der Waals surface area contributed by atoms with Crippen LogP contribution in [0.4, 0.5) is 0 Å². The average Bonchev–Trinajstić information content (AvgIpc) is 3.40. The molecule has 154 valence electrons. The highest BCUT2D eigenvalue weighted by Gasteiger charge is 2.10. The van der Waals surface area contributed by atoms with Crippen molar-refractivity contribution in [1.82, 2.24) is 20.5 Å². The van der Waals surface area contributed by atoms with Crippen LogP contribution in [-0.4, -0.2) is 27.6 Å². The van der Waals surface area contributed by atoms with E-state index in [1.54, 1.807) is 0 Å². The minimum absolute atomic E-state index is 0.00123. The standard InChI is InChI=1S/C24H26N4O2/c29-22(25-16-15-19-17-26-21-11-5-4-10-20(19)21)13-14-24-28-27-23(30-24)12-6-9-18-7-2-1-3-8-18/h1-5,7-8,10-11,17,26H,6,9,12-16H2,(H,25,29). The lowest BCUT2D eigenvalue weighted by Crippen LogP contribution is -2.25. The highest BCUT2D eigenvalue weighted by atomic mass is 16.4. The van der Waals surface area contributed by atoms with Crippen LogP contribution in [0, 0.1) is 0 Å². The van der Waals surface area contributed by atoms with E-state index in [1.807, 2.05) is 36.5 Å². The van der Waals surface area contributed by atoms with E-state index in [1.165, 1.54) is 16.5 Å². The molecule has 0 saturated heterocycles. The Balaban J connectivity index is 1.15. The fraction of sp³-hybridized carbons (Fsp3) is 0.292. The van der Waals surface area contributed by atoms with E-state index in [0.29, 0.717) is 31.2 Å². The van der Waals surface area contributed by atoms with Gasteiger partial charge in [-0.05, 0) is 36.5 Å². The van der Waals surface area contributed by atoms with Gasteiger partial charge in [-0.2, -0.15) is 0 Å². The lowest BCUT2D eigenvalue weighted by Gasteiger charge is -2.04. The van der Waals surface area contributed by atoms with Gasteiger partial charge in [0.2, 0.25) is 17.7 Å². The third-order valence-corrected chi connectivity index (χ3v) is 5.16. The molecule has 0 unspecified atom stereocenters. The summed E-state index contributed by atoms with van der Waals surface area (Å²) in [6, 6.07) is 18.5. The van der Waals surface area contributed by atoms with E-state index in [-0.39, 0.29) is 5.91 Å². The summed E-state index contributed by atoms with van der Waals surface area (Å²) in [7, 11) is 0. The maximum Gasteiger partial charge on any atom is 0.220 e. The summed E-state index contributed by atoms with van der Waals surface area (Å²) >= 11 is 0. The minimum atomic E-state index is -0.00123. The number of carbonyl (C=O) groups excluding carboxylic acids is 1. The van der Waals surface area contributed by atoms with Crippen molar-refractivity contribution in [2.45, 2.75) is 38.5 Å². The quantitative estimate of drug-likeness (QED) is 0.420. The molecule has 0 aliphatic heterocycles. The van der Waals surface area contributed by atoms with Gasteiger partial charge >= 0.3 is 0 Å². The number of hydrogen-bond donors (Lipinski definition) is 2. The third-order valence-electron chi connectivity index (χ3n) is 5.16. The zero-order chi connectivity index (χ0) is 20.6. The zero-order valence-electron chi connectivity index (χ0n) is 16.9. The van der Waals surface area contributed by atoms with Crippen molar-refractivity contribution in [3.05, 3.63) is 83.7 Å². The Morgan fingerprint density at radius 2 is 1.67 bits per heavy atom. The fourth-order valence-corrected chi connectivity index (χ4v) is 3.56. The second-order valence-corrected chi connectivity index (χ2v) is 7.39. The maximum atomic E-state index is 12.1. The normalized spacial score (nSPS) is 11.1. The molecule has 1 amide bonds. The summed E-state index contributed by atoms with van der Waals surface area (Å²) in [5.41, 5.74) is 3.64. The van der Waals surface area contributed by atoms with Crippen LogP contribution >= 0.6 is 0 Å². The number of nitrogens with zero attached hydrogens (tertiary/aromatic N) is 2. The van der Waals surface area contributed by atoms with Gasteiger partial charge in [-0.3, -0.25) is 4.79 Å². The summed E-state index contributed by atoms with van der Waals surface area (Å²) in [6.45, 7) is 0.606. The van der Waals surface area contributed by atoms with Crippen molar-refractivity contribution in [2.75, 3.05) is 6.54 Å². The Kier molecular flexibility index (Phi) is 6.54. The van der Waals surface area contributed by atoms with Gasteiger partial charge in [-0.25, -0.2) is 0 Å². The largest absolute Gasteiger partial charge is 0.425 e. The first-order valence-corrected chi connectivity index (χ1v) is 10.4. The fourth-order valence-electron chi connectivity index (χ4n) is 3.56. The van der Waals surface area contributed by atoms with Crippen LogP contribution in [-0.2, 0) is 30.5 Å². The van der Waals surface area contributed by atoms with Crippen molar-refractivity contribution in [2.24, 2.45) is 0 Å². The summed E-state index contributed by atoms with van der Waals surface area (Å²) in [5, 5.41) is 12.3. The van der Waals surface area contributed by atoms with Crippen LogP contribution in [0.5, 0.6) is 0 Å². The number of fused-ring (bicyclic) bond motifs is 1. The molecule has 0 atom stereocenters. The lowest BCUT2D eigenvalue weighted by atomic mass is 10.1. The Morgan fingerprint density at radius 3 is 2.53 bits per heavy atom. The number of carbonyl (C=O) groups is 1. The molecule has 6 heteroatoms. The number of aryl methyl sites for hydroxylation is 3. The molecule has 2 aromatic carbocycles. The van der Waals surface area contributed by atoms with Gasteiger partial charge in [0, 0.05) is 42.9 Å². The van der Waals surface area contributed by atoms with Gasteiger partial charge in [0.1, 0.15) is 0 Å². The monoisotopic (exact) mass is 402 g/mol. The molecule has 0 saturated carbocycles. The molecule has 4 rings (SSSR count). The highest BCUT2D eigenvalue weighted by Crippen LogP contribution is 2.17. The molecule has 0 radical (unpaired) electrons. The Morgan fingerprint density at radius 1 is 0.900 bits per heavy atom. The van der Waals surface area contributed by atoms with E-state index in [9.17, 15) is 4.79 Å². The Bertz CT molecular complexity index is 1080. The minimum Gasteiger partial charge on any atom is -0.425 e. The van der Waals surface area contributed by atoms with Gasteiger partial charge in [0.05, 0.1) is 0 Å². The van der Waals surface area contributed by atoms with Crippen molar-refractivity contribution in [3.8, 4) is 0 Å². The lowest BCUT2D eigenvalue weighted by molar-refractivity contribution is -0.121. The number of para-hydroxylation sites is 1. The molecular formula is C24H26N4O2. The van der Waals surface area contributed by atoms with E-state index >= 15 is 0 Å². The Labute approximate surface area is 175 Å². The van der Waals surface area contributed by atoms with Gasteiger partial charge in [-0.1, -0.05) is 48.5 Å². The van der Waals surface area contributed by atoms with Crippen molar-refractivity contribution in [3.63, 3.8) is 0 Å². The second-order valence-electron chi connectivity index (χ2n) is 7.39. The van der Waals surface area contributed by atoms with Crippen molar-refractivity contribution >= 4 is 16.8 Å². The first kappa shape index (κ1) is 19.9. The van der Waals surface area contributed by atoms with Crippen molar-refractivity contribution in [1.29, 1.82) is 0 Å². The number of nitrogens with one attached hydrogen (secondary N) is 2. The molecular weight excluding hydrogens is 376 g/mol. The molecule has 2 heterocycles. The van der Waals surface area contributed by atoms with Crippen LogP contribution in [0.3, 0.4) is 0 Å². The molecule has 2 aromatic heterocycles. The number of aromatic amines is 1. The number of benzene rings is 2. The third kappa shape index (κ3) is 5.35.